The van der Waals surface area contributed by atoms with Crippen LogP contribution in [0.3, 0.4) is 0 Å². The van der Waals surface area contributed by atoms with E-state index in [0.29, 0.717) is 12.8 Å². The van der Waals surface area contributed by atoms with E-state index in [0.717, 1.165) is 89.9 Å². The Morgan fingerprint density at radius 2 is 0.698 bits per heavy atom. The molecule has 0 bridgehead atoms. The molecule has 0 aromatic rings. The number of hydrogen-bond acceptors (Lipinski definition) is 3. The van der Waals surface area contributed by atoms with Gasteiger partial charge in [-0.25, -0.2) is 0 Å². The first-order valence-electron chi connectivity index (χ1n) is 26.9. The van der Waals surface area contributed by atoms with Gasteiger partial charge in [0.25, 0.3) is 0 Å². The van der Waals surface area contributed by atoms with Gasteiger partial charge in [0.05, 0.1) is 18.8 Å². The molecule has 0 aliphatic carbocycles. The molecule has 0 aromatic heterocycles. The number of carbonyl (C=O) groups is 1. The van der Waals surface area contributed by atoms with E-state index in [1.165, 1.54) is 135 Å². The van der Waals surface area contributed by atoms with Crippen LogP contribution in [0.4, 0.5) is 0 Å². The molecule has 0 aromatic carbocycles. The second-order valence-electron chi connectivity index (χ2n) is 17.9. The largest absolute Gasteiger partial charge is 0.394 e. The SMILES string of the molecule is CC/C=C\C/C=C\C/C=C\C/C=C\C/C=C\C/C=C\C/C=C\C/C=C\CCCCCCCCC(=O)NC(CO)C(O)CCCCCCCCCCCCCCCCCCCCCC. The molecule has 0 aliphatic rings. The number of rotatable bonds is 48. The average Bonchev–Trinajstić information content (AvgIpc) is 3.29. The maximum Gasteiger partial charge on any atom is 0.220 e. The summed E-state index contributed by atoms with van der Waals surface area (Å²) in [6.45, 7) is 4.25. The van der Waals surface area contributed by atoms with Gasteiger partial charge in [-0.15, -0.1) is 0 Å². The van der Waals surface area contributed by atoms with Gasteiger partial charge in [-0.05, 0) is 77.0 Å². The predicted molar refractivity (Wildman–Crippen MR) is 280 cm³/mol. The summed E-state index contributed by atoms with van der Waals surface area (Å²) < 4.78 is 0. The van der Waals surface area contributed by atoms with Crippen molar-refractivity contribution in [2.24, 2.45) is 0 Å². The van der Waals surface area contributed by atoms with Gasteiger partial charge in [0.2, 0.25) is 5.91 Å². The van der Waals surface area contributed by atoms with Gasteiger partial charge in [0, 0.05) is 6.42 Å². The van der Waals surface area contributed by atoms with Crippen LogP contribution in [0.15, 0.2) is 97.2 Å². The lowest BCUT2D eigenvalue weighted by molar-refractivity contribution is -0.123. The number of aliphatic hydroxyl groups is 2. The minimum atomic E-state index is -0.673. The van der Waals surface area contributed by atoms with Crippen molar-refractivity contribution in [3.63, 3.8) is 0 Å². The van der Waals surface area contributed by atoms with Gasteiger partial charge < -0.3 is 15.5 Å². The molecule has 0 fully saturated rings. The van der Waals surface area contributed by atoms with E-state index < -0.39 is 12.1 Å². The van der Waals surface area contributed by atoms with Crippen LogP contribution in [-0.2, 0) is 4.79 Å². The fourth-order valence-electron chi connectivity index (χ4n) is 7.79. The molecule has 0 radical (unpaired) electrons. The molecule has 0 heterocycles. The van der Waals surface area contributed by atoms with Crippen LogP contribution in [0.5, 0.6) is 0 Å². The smallest absolute Gasteiger partial charge is 0.220 e. The van der Waals surface area contributed by atoms with Crippen molar-refractivity contribution in [2.75, 3.05) is 6.61 Å². The molecule has 0 rings (SSSR count). The molecule has 2 atom stereocenters. The topological polar surface area (TPSA) is 69.6 Å². The Morgan fingerprint density at radius 3 is 1.05 bits per heavy atom. The third-order valence-electron chi connectivity index (χ3n) is 11.9. The highest BCUT2D eigenvalue weighted by atomic mass is 16.3. The first kappa shape index (κ1) is 60.3. The summed E-state index contributed by atoms with van der Waals surface area (Å²) in [4.78, 5) is 12.5. The quantitative estimate of drug-likeness (QED) is 0.0421. The van der Waals surface area contributed by atoms with Crippen LogP contribution in [-0.4, -0.2) is 34.9 Å². The van der Waals surface area contributed by atoms with E-state index in [4.69, 9.17) is 0 Å². The zero-order valence-corrected chi connectivity index (χ0v) is 41.6. The van der Waals surface area contributed by atoms with Crippen LogP contribution in [0.1, 0.15) is 251 Å². The van der Waals surface area contributed by atoms with Crippen molar-refractivity contribution < 1.29 is 15.0 Å². The van der Waals surface area contributed by atoms with Crippen molar-refractivity contribution in [3.05, 3.63) is 97.2 Å². The van der Waals surface area contributed by atoms with Crippen molar-refractivity contribution in [2.45, 2.75) is 264 Å². The molecule has 4 heteroatoms. The average molecular weight is 874 g/mol. The summed E-state index contributed by atoms with van der Waals surface area (Å²) in [5.74, 6) is -0.0480. The first-order valence-corrected chi connectivity index (χ1v) is 26.9. The second kappa shape index (κ2) is 53.6. The fourth-order valence-corrected chi connectivity index (χ4v) is 7.79. The van der Waals surface area contributed by atoms with Crippen LogP contribution in [0.2, 0.25) is 0 Å². The van der Waals surface area contributed by atoms with Gasteiger partial charge in [0.15, 0.2) is 0 Å². The molecule has 0 aliphatic heterocycles. The van der Waals surface area contributed by atoms with Crippen molar-refractivity contribution in [1.29, 1.82) is 0 Å². The van der Waals surface area contributed by atoms with Gasteiger partial charge in [-0.1, -0.05) is 265 Å². The molecule has 0 saturated heterocycles. The molecule has 4 nitrogen and oxygen atoms in total. The molecular formula is C59H103NO3. The fraction of sp³-hybridized carbons (Fsp3) is 0.712. The number of carbonyl (C=O) groups excluding carboxylic acids is 1. The summed E-state index contributed by atoms with van der Waals surface area (Å²) in [5, 5.41) is 23.3. The molecular weight excluding hydrogens is 771 g/mol. The van der Waals surface area contributed by atoms with Crippen molar-refractivity contribution in [1.82, 2.24) is 5.32 Å². The molecule has 63 heavy (non-hydrogen) atoms. The highest BCUT2D eigenvalue weighted by Crippen LogP contribution is 2.16. The third kappa shape index (κ3) is 50.2. The van der Waals surface area contributed by atoms with E-state index >= 15 is 0 Å². The summed E-state index contributed by atoms with van der Waals surface area (Å²) in [6.07, 6.45) is 79.4. The second-order valence-corrected chi connectivity index (χ2v) is 17.9. The normalized spacial score (nSPS) is 13.7. The van der Waals surface area contributed by atoms with Gasteiger partial charge in [0.1, 0.15) is 0 Å². The van der Waals surface area contributed by atoms with Gasteiger partial charge in [-0.3, -0.25) is 4.79 Å². The lowest BCUT2D eigenvalue weighted by Crippen LogP contribution is -2.45. The number of hydrogen-bond donors (Lipinski definition) is 3. The maximum atomic E-state index is 12.5. The molecule has 1 amide bonds. The Balaban J connectivity index is 3.60. The Bertz CT molecular complexity index is 1170. The zero-order chi connectivity index (χ0) is 45.6. The van der Waals surface area contributed by atoms with Crippen LogP contribution in [0, 0.1) is 0 Å². The number of unbranched alkanes of at least 4 members (excludes halogenated alkanes) is 25. The summed E-state index contributed by atoms with van der Waals surface area (Å²) in [7, 11) is 0. The predicted octanol–water partition coefficient (Wildman–Crippen LogP) is 17.7. The summed E-state index contributed by atoms with van der Waals surface area (Å²) in [6, 6.07) is -0.552. The Labute approximate surface area is 392 Å². The van der Waals surface area contributed by atoms with E-state index in [9.17, 15) is 15.0 Å². The third-order valence-corrected chi connectivity index (χ3v) is 11.9. The monoisotopic (exact) mass is 874 g/mol. The van der Waals surface area contributed by atoms with Gasteiger partial charge >= 0.3 is 0 Å². The highest BCUT2D eigenvalue weighted by Gasteiger charge is 2.20. The van der Waals surface area contributed by atoms with Crippen LogP contribution >= 0.6 is 0 Å². The van der Waals surface area contributed by atoms with Crippen LogP contribution < -0.4 is 5.32 Å². The lowest BCUT2D eigenvalue weighted by atomic mass is 10.0. The number of nitrogens with one attached hydrogen (secondary N) is 1. The Hall–Kier alpha value is -2.69. The molecule has 2 unspecified atom stereocenters. The van der Waals surface area contributed by atoms with E-state index in [1.54, 1.807) is 0 Å². The number of aliphatic hydroxyl groups excluding tert-OH is 2. The molecule has 0 saturated carbocycles. The molecule has 0 spiro atoms. The first-order chi connectivity index (χ1) is 31.2. The summed E-state index contributed by atoms with van der Waals surface area (Å²) in [5.41, 5.74) is 0. The lowest BCUT2D eigenvalue weighted by Gasteiger charge is -2.22. The zero-order valence-electron chi connectivity index (χ0n) is 41.6. The minimum absolute atomic E-state index is 0.0480. The number of allylic oxidation sites excluding steroid dienone is 16. The Morgan fingerprint density at radius 1 is 0.397 bits per heavy atom. The maximum absolute atomic E-state index is 12.5. The standard InChI is InChI=1S/C59H103NO3/c1-3-5-7-9-11-13-15-17-19-21-23-25-26-27-28-29-30-31-32-33-34-35-37-39-41-43-45-47-49-51-53-55-59(63)60-57(56-61)58(62)54-52-50-48-46-44-42-40-38-36-24-22-20-18-16-14-12-10-8-6-4-2/h5,7,11,13,17,19,23,25,27-28,30-31,33-34,37,39,57-58,61-62H,3-4,6,8-10,12,14-16,18,20-22,24,26,29,32,35-36,38,40-56H2,1-2H3,(H,60,63)/b7-5-,13-11-,19-17-,25-23-,28-27-,31-30-,34-33-,39-37-. The summed E-state index contributed by atoms with van der Waals surface area (Å²) >= 11 is 0. The minimum Gasteiger partial charge on any atom is -0.394 e. The molecule has 362 valence electrons. The van der Waals surface area contributed by atoms with Crippen molar-refractivity contribution >= 4 is 5.91 Å². The van der Waals surface area contributed by atoms with Gasteiger partial charge in [-0.2, -0.15) is 0 Å². The Kier molecular flexibility index (Phi) is 51.4. The highest BCUT2D eigenvalue weighted by molar-refractivity contribution is 5.76. The van der Waals surface area contributed by atoms with Crippen LogP contribution in [0.25, 0.3) is 0 Å². The number of amides is 1. The van der Waals surface area contributed by atoms with E-state index in [2.05, 4.69) is 116 Å². The molecule has 3 N–H and O–H groups in total. The van der Waals surface area contributed by atoms with E-state index in [-0.39, 0.29) is 12.5 Å². The van der Waals surface area contributed by atoms with Crippen molar-refractivity contribution in [3.8, 4) is 0 Å². The van der Waals surface area contributed by atoms with E-state index in [1.807, 2.05) is 0 Å².